The Balaban J connectivity index is 1.79. The lowest BCUT2D eigenvalue weighted by Gasteiger charge is -2.29. The van der Waals surface area contributed by atoms with Gasteiger partial charge in [0.1, 0.15) is 11.3 Å². The number of hydrogen-bond donors (Lipinski definition) is 3. The van der Waals surface area contributed by atoms with Crippen LogP contribution in [-0.2, 0) is 13.0 Å². The Morgan fingerprint density at radius 1 is 1.27 bits per heavy atom. The van der Waals surface area contributed by atoms with Crippen molar-refractivity contribution in [3.05, 3.63) is 56.9 Å². The van der Waals surface area contributed by atoms with Crippen molar-refractivity contribution >= 4 is 17.7 Å². The average molecular weight is 358 g/mol. The van der Waals surface area contributed by atoms with Gasteiger partial charge in [-0.1, -0.05) is 13.8 Å². The molecule has 3 N–H and O–H groups in total. The first-order valence-corrected chi connectivity index (χ1v) is 8.06. The summed E-state index contributed by atoms with van der Waals surface area (Å²) in [6.45, 7) is 3.81. The number of aromatic nitrogens is 1. The molecule has 1 aliphatic carbocycles. The van der Waals surface area contributed by atoms with Crippen molar-refractivity contribution in [2.75, 3.05) is 0 Å². The van der Waals surface area contributed by atoms with Crippen LogP contribution in [0.2, 0.25) is 0 Å². The molecule has 8 heteroatoms. The minimum atomic E-state index is -1.21. The van der Waals surface area contributed by atoms with Crippen LogP contribution in [-0.4, -0.2) is 27.8 Å². The monoisotopic (exact) mass is 358 g/mol. The van der Waals surface area contributed by atoms with Gasteiger partial charge in [0, 0.05) is 17.7 Å². The topological polar surface area (TPSA) is 129 Å². The molecule has 0 saturated carbocycles. The third-order valence-electron chi connectivity index (χ3n) is 4.26. The van der Waals surface area contributed by atoms with Gasteiger partial charge in [-0.15, -0.1) is 0 Å². The maximum Gasteiger partial charge on any atom is 0.371 e. The number of carbonyl (C=O) groups is 3. The molecule has 2 aromatic heterocycles. The molecule has 0 saturated heterocycles. The number of aromatic amines is 1. The number of carboxylic acid groups (broad SMARTS) is 1. The number of carboxylic acids is 1. The molecule has 2 heterocycles. The second kappa shape index (κ2) is 6.29. The minimum absolute atomic E-state index is 0.0797. The van der Waals surface area contributed by atoms with E-state index in [4.69, 9.17) is 9.52 Å². The molecule has 0 spiro atoms. The molecule has 0 unspecified atom stereocenters. The summed E-state index contributed by atoms with van der Waals surface area (Å²) in [6, 6.07) is 4.02. The molecular weight excluding hydrogens is 340 g/mol. The second-order valence-corrected chi connectivity index (χ2v) is 7.10. The van der Waals surface area contributed by atoms with Crippen LogP contribution in [0.4, 0.5) is 0 Å². The Bertz CT molecular complexity index is 966. The molecule has 2 aromatic rings. The van der Waals surface area contributed by atoms with Crippen LogP contribution in [0.3, 0.4) is 0 Å². The van der Waals surface area contributed by atoms with Crippen molar-refractivity contribution in [1.29, 1.82) is 0 Å². The molecule has 0 fully saturated rings. The molecule has 1 amide bonds. The maximum absolute atomic E-state index is 12.3. The quantitative estimate of drug-likeness (QED) is 0.763. The van der Waals surface area contributed by atoms with E-state index in [0.29, 0.717) is 24.1 Å². The zero-order valence-electron chi connectivity index (χ0n) is 14.3. The molecule has 1 aliphatic rings. The van der Waals surface area contributed by atoms with E-state index < -0.39 is 17.4 Å². The number of nitrogens with one attached hydrogen (secondary N) is 2. The Kier molecular flexibility index (Phi) is 4.27. The van der Waals surface area contributed by atoms with Crippen molar-refractivity contribution in [3.63, 3.8) is 0 Å². The van der Waals surface area contributed by atoms with Crippen molar-refractivity contribution in [2.45, 2.75) is 33.2 Å². The number of rotatable bonds is 4. The van der Waals surface area contributed by atoms with Crippen LogP contribution in [0, 0.1) is 5.41 Å². The lowest BCUT2D eigenvalue weighted by Crippen LogP contribution is -2.34. The lowest BCUT2D eigenvalue weighted by atomic mass is 9.75. The first-order chi connectivity index (χ1) is 12.2. The molecule has 0 radical (unpaired) electrons. The van der Waals surface area contributed by atoms with Gasteiger partial charge < -0.3 is 19.8 Å². The number of H-pyrrole nitrogens is 1. The highest BCUT2D eigenvalue weighted by molar-refractivity contribution is 6.02. The number of ketones is 1. The molecule has 3 rings (SSSR count). The smallest absolute Gasteiger partial charge is 0.371 e. The van der Waals surface area contributed by atoms with Crippen LogP contribution in [0.15, 0.2) is 27.4 Å². The van der Waals surface area contributed by atoms with E-state index in [1.54, 1.807) is 0 Å². The highest BCUT2D eigenvalue weighted by Gasteiger charge is 2.32. The molecule has 8 nitrogen and oxygen atoms in total. The Morgan fingerprint density at radius 3 is 2.65 bits per heavy atom. The van der Waals surface area contributed by atoms with Crippen molar-refractivity contribution in [2.24, 2.45) is 5.41 Å². The number of carbonyl (C=O) groups excluding carboxylic acids is 2. The Labute approximate surface area is 148 Å². The van der Waals surface area contributed by atoms with Gasteiger partial charge in [0.15, 0.2) is 5.78 Å². The highest BCUT2D eigenvalue weighted by atomic mass is 16.4. The van der Waals surface area contributed by atoms with Crippen LogP contribution in [0.1, 0.15) is 63.0 Å². The predicted octanol–water partition coefficient (Wildman–Crippen LogP) is 1.75. The second-order valence-electron chi connectivity index (χ2n) is 7.10. The van der Waals surface area contributed by atoms with Gasteiger partial charge in [-0.25, -0.2) is 4.79 Å². The lowest BCUT2D eigenvalue weighted by molar-refractivity contribution is 0.0660. The van der Waals surface area contributed by atoms with E-state index in [-0.39, 0.29) is 34.8 Å². The standard InChI is InChI=1S/C18H18N2O6/c1-18(2)6-12-10(13(21)7-18)5-11(16(23)20-12)15(22)19-8-9-3-4-14(26-9)17(24)25/h3-5H,6-8H2,1-2H3,(H,19,22)(H,20,23)(H,24,25). The Hall–Kier alpha value is -3.16. The largest absolute Gasteiger partial charge is 0.475 e. The average Bonchev–Trinajstić information content (AvgIpc) is 3.00. The fourth-order valence-electron chi connectivity index (χ4n) is 3.05. The molecular formula is C18H18N2O6. The summed E-state index contributed by atoms with van der Waals surface area (Å²) in [5.41, 5.74) is -0.0674. The molecule has 136 valence electrons. The first-order valence-electron chi connectivity index (χ1n) is 8.06. The SMILES string of the molecule is CC1(C)CC(=O)c2cc(C(=O)NCc3ccc(C(=O)O)o3)c(=O)[nH]c2C1. The predicted molar refractivity (Wildman–Crippen MR) is 90.3 cm³/mol. The summed E-state index contributed by atoms with van der Waals surface area (Å²) in [6.07, 6.45) is 0.896. The number of pyridine rings is 1. The van der Waals surface area contributed by atoms with Crippen molar-refractivity contribution in [1.82, 2.24) is 10.3 Å². The van der Waals surface area contributed by atoms with Gasteiger partial charge in [0.25, 0.3) is 11.5 Å². The van der Waals surface area contributed by atoms with Crippen LogP contribution >= 0.6 is 0 Å². The summed E-state index contributed by atoms with van der Waals surface area (Å²) in [5, 5.41) is 11.3. The summed E-state index contributed by atoms with van der Waals surface area (Å²) in [5.74, 6) is -1.99. The normalized spacial score (nSPS) is 15.4. The molecule has 0 bridgehead atoms. The molecule has 26 heavy (non-hydrogen) atoms. The van der Waals surface area contributed by atoms with E-state index in [2.05, 4.69) is 10.3 Å². The van der Waals surface area contributed by atoms with Gasteiger partial charge >= 0.3 is 5.97 Å². The third-order valence-corrected chi connectivity index (χ3v) is 4.26. The van der Waals surface area contributed by atoms with E-state index in [1.165, 1.54) is 18.2 Å². The fraction of sp³-hybridized carbons (Fsp3) is 0.333. The summed E-state index contributed by atoms with van der Waals surface area (Å²) < 4.78 is 5.04. The molecule has 0 aliphatic heterocycles. The van der Waals surface area contributed by atoms with Crippen LogP contribution in [0.5, 0.6) is 0 Å². The number of fused-ring (bicyclic) bond motifs is 1. The number of furan rings is 1. The van der Waals surface area contributed by atoms with E-state index in [1.807, 2.05) is 13.8 Å². The van der Waals surface area contributed by atoms with Gasteiger partial charge in [-0.2, -0.15) is 0 Å². The molecule has 0 aromatic carbocycles. The van der Waals surface area contributed by atoms with Gasteiger partial charge in [-0.05, 0) is 30.0 Å². The fourth-order valence-corrected chi connectivity index (χ4v) is 3.05. The van der Waals surface area contributed by atoms with Gasteiger partial charge in [0.05, 0.1) is 6.54 Å². The zero-order chi connectivity index (χ0) is 19.1. The number of hydrogen-bond acceptors (Lipinski definition) is 5. The number of Topliss-reactive ketones (excluding diaryl/α,β-unsaturated/α-hetero) is 1. The summed E-state index contributed by atoms with van der Waals surface area (Å²) >= 11 is 0. The van der Waals surface area contributed by atoms with Crippen LogP contribution < -0.4 is 10.9 Å². The van der Waals surface area contributed by atoms with Crippen molar-refractivity contribution < 1.29 is 23.9 Å². The third kappa shape index (κ3) is 3.44. The zero-order valence-corrected chi connectivity index (χ0v) is 14.3. The maximum atomic E-state index is 12.3. The highest BCUT2D eigenvalue weighted by Crippen LogP contribution is 2.33. The minimum Gasteiger partial charge on any atom is -0.475 e. The van der Waals surface area contributed by atoms with E-state index in [9.17, 15) is 19.2 Å². The first kappa shape index (κ1) is 17.7. The summed E-state index contributed by atoms with van der Waals surface area (Å²) in [7, 11) is 0. The Morgan fingerprint density at radius 2 is 2.00 bits per heavy atom. The van der Waals surface area contributed by atoms with Gasteiger partial charge in [0.2, 0.25) is 5.76 Å². The van der Waals surface area contributed by atoms with Gasteiger partial charge in [-0.3, -0.25) is 14.4 Å². The number of amides is 1. The van der Waals surface area contributed by atoms with Crippen molar-refractivity contribution in [3.8, 4) is 0 Å². The summed E-state index contributed by atoms with van der Waals surface area (Å²) in [4.78, 5) is 50.2. The number of aromatic carboxylic acids is 1. The van der Waals surface area contributed by atoms with Crippen LogP contribution in [0.25, 0.3) is 0 Å². The van der Waals surface area contributed by atoms with E-state index in [0.717, 1.165) is 0 Å². The molecule has 0 atom stereocenters. The van der Waals surface area contributed by atoms with E-state index >= 15 is 0 Å².